The molecule has 16 heavy (non-hydrogen) atoms. The molecular weight excluding hydrogens is 217 g/mol. The summed E-state index contributed by atoms with van der Waals surface area (Å²) < 4.78 is 7.71. The summed E-state index contributed by atoms with van der Waals surface area (Å²) >= 11 is 0. The molecule has 0 aliphatic heterocycles. The average Bonchev–Trinajstić information content (AvgIpc) is 2.59. The van der Waals surface area contributed by atoms with Crippen LogP contribution in [0.4, 0.5) is 0 Å². The highest BCUT2D eigenvalue weighted by Crippen LogP contribution is 2.35. The largest absolute Gasteiger partial charge is 0.496 e. The van der Waals surface area contributed by atoms with E-state index in [9.17, 15) is 0 Å². The van der Waals surface area contributed by atoms with E-state index in [2.05, 4.69) is 43.4 Å². The van der Waals surface area contributed by atoms with E-state index in [4.69, 9.17) is 4.74 Å². The Morgan fingerprint density at radius 3 is 2.69 bits per heavy atom. The van der Waals surface area contributed by atoms with Crippen LogP contribution in [0.3, 0.4) is 0 Å². The maximum atomic E-state index is 5.38. The van der Waals surface area contributed by atoms with Gasteiger partial charge in [-0.25, -0.2) is 0 Å². The van der Waals surface area contributed by atoms with Crippen molar-refractivity contribution in [1.82, 2.24) is 4.57 Å². The van der Waals surface area contributed by atoms with Crippen LogP contribution in [0.2, 0.25) is 0 Å². The predicted molar refractivity (Wildman–Crippen MR) is 70.5 cm³/mol. The Kier molecular flexibility index (Phi) is 2.94. The molecular formula is C13H18NOP. The highest BCUT2D eigenvalue weighted by Gasteiger charge is 2.13. The molecule has 0 amide bonds. The molecule has 2 rings (SSSR count). The molecule has 0 atom stereocenters. The van der Waals surface area contributed by atoms with Crippen molar-refractivity contribution in [3.8, 4) is 5.75 Å². The van der Waals surface area contributed by atoms with Gasteiger partial charge in [-0.05, 0) is 25.7 Å². The van der Waals surface area contributed by atoms with E-state index in [0.29, 0.717) is 5.41 Å². The molecule has 2 nitrogen and oxygen atoms in total. The van der Waals surface area contributed by atoms with Crippen LogP contribution in [0.5, 0.6) is 5.75 Å². The minimum atomic E-state index is 0.302. The third-order valence-corrected chi connectivity index (χ3v) is 3.58. The van der Waals surface area contributed by atoms with E-state index in [-0.39, 0.29) is 0 Å². The molecule has 0 fully saturated rings. The SMILES string of the molecule is COc1cccc2c1pcn2CC(C)(C)C. The fourth-order valence-corrected chi connectivity index (χ4v) is 2.95. The van der Waals surface area contributed by atoms with Crippen molar-refractivity contribution in [3.63, 3.8) is 0 Å². The van der Waals surface area contributed by atoms with Gasteiger partial charge in [0.2, 0.25) is 0 Å². The van der Waals surface area contributed by atoms with Crippen LogP contribution in [-0.2, 0) is 6.54 Å². The number of hydrogen-bond acceptors (Lipinski definition) is 1. The molecule has 0 saturated heterocycles. The second kappa shape index (κ2) is 4.10. The summed E-state index contributed by atoms with van der Waals surface area (Å²) in [5.41, 5.74) is 1.59. The summed E-state index contributed by atoms with van der Waals surface area (Å²) in [4.78, 5) is 0. The standard InChI is InChI=1S/C13H18NOP/c1-13(2,3)8-14-9-16-12-10(14)6-5-7-11(12)15-4/h5-7,9H,8H2,1-4H3. The topological polar surface area (TPSA) is 14.2 Å². The lowest BCUT2D eigenvalue weighted by Crippen LogP contribution is -2.14. The van der Waals surface area contributed by atoms with E-state index in [1.54, 1.807) is 7.11 Å². The van der Waals surface area contributed by atoms with Gasteiger partial charge in [-0.15, -0.1) is 0 Å². The van der Waals surface area contributed by atoms with Crippen LogP contribution in [0, 0.1) is 5.41 Å². The minimum absolute atomic E-state index is 0.302. The van der Waals surface area contributed by atoms with Crippen molar-refractivity contribution in [3.05, 3.63) is 24.1 Å². The number of hydrogen-bond donors (Lipinski definition) is 0. The molecule has 3 heteroatoms. The molecule has 2 aromatic rings. The van der Waals surface area contributed by atoms with Gasteiger partial charge in [0, 0.05) is 12.5 Å². The van der Waals surface area contributed by atoms with Crippen molar-refractivity contribution in [2.24, 2.45) is 5.41 Å². The minimum Gasteiger partial charge on any atom is -0.496 e. The first-order valence-electron chi connectivity index (χ1n) is 5.49. The monoisotopic (exact) mass is 235 g/mol. The molecule has 86 valence electrons. The van der Waals surface area contributed by atoms with E-state index in [0.717, 1.165) is 12.3 Å². The third kappa shape index (κ3) is 2.22. The van der Waals surface area contributed by atoms with Gasteiger partial charge in [-0.3, -0.25) is 0 Å². The molecule has 0 N–H and O–H groups in total. The zero-order valence-corrected chi connectivity index (χ0v) is 11.2. The number of methoxy groups -OCH3 is 1. The molecule has 1 aromatic carbocycles. The van der Waals surface area contributed by atoms with Crippen LogP contribution in [-0.4, -0.2) is 11.7 Å². The first kappa shape index (κ1) is 11.5. The zero-order chi connectivity index (χ0) is 11.8. The first-order valence-corrected chi connectivity index (χ1v) is 6.45. The number of benzene rings is 1. The first-order chi connectivity index (χ1) is 7.51. The molecule has 1 heterocycles. The van der Waals surface area contributed by atoms with Crippen LogP contribution in [0.1, 0.15) is 20.8 Å². The lowest BCUT2D eigenvalue weighted by atomic mass is 9.97. The summed E-state index contributed by atoms with van der Waals surface area (Å²) in [5.74, 6) is 3.23. The lowest BCUT2D eigenvalue weighted by Gasteiger charge is -2.19. The molecule has 0 unspecified atom stereocenters. The lowest BCUT2D eigenvalue weighted by molar-refractivity contribution is 0.350. The molecule has 0 saturated carbocycles. The van der Waals surface area contributed by atoms with Crippen LogP contribution in [0.25, 0.3) is 10.6 Å². The van der Waals surface area contributed by atoms with E-state index >= 15 is 0 Å². The van der Waals surface area contributed by atoms with Gasteiger partial charge in [0.1, 0.15) is 5.75 Å². The maximum Gasteiger partial charge on any atom is 0.132 e. The van der Waals surface area contributed by atoms with E-state index in [1.165, 1.54) is 18.8 Å². The Morgan fingerprint density at radius 2 is 2.06 bits per heavy atom. The number of ether oxygens (including phenoxy) is 1. The average molecular weight is 235 g/mol. The molecule has 0 spiro atoms. The second-order valence-corrected chi connectivity index (χ2v) is 6.20. The van der Waals surface area contributed by atoms with Crippen LogP contribution >= 0.6 is 8.19 Å². The molecule has 0 aliphatic rings. The van der Waals surface area contributed by atoms with Crippen molar-refractivity contribution >= 4 is 18.8 Å². The Labute approximate surface area is 98.3 Å². The molecule has 1 aromatic heterocycles. The quantitative estimate of drug-likeness (QED) is 0.758. The second-order valence-electron chi connectivity index (χ2n) is 5.26. The highest BCUT2D eigenvalue weighted by atomic mass is 31.0. The van der Waals surface area contributed by atoms with Gasteiger partial charge < -0.3 is 9.30 Å². The van der Waals surface area contributed by atoms with Gasteiger partial charge in [0.25, 0.3) is 0 Å². The van der Waals surface area contributed by atoms with Gasteiger partial charge in [-0.1, -0.05) is 26.8 Å². The third-order valence-electron chi connectivity index (χ3n) is 2.48. The smallest absolute Gasteiger partial charge is 0.132 e. The van der Waals surface area contributed by atoms with Crippen molar-refractivity contribution < 1.29 is 4.74 Å². The van der Waals surface area contributed by atoms with Gasteiger partial charge in [0.05, 0.1) is 17.7 Å². The molecule has 0 radical (unpaired) electrons. The predicted octanol–water partition coefficient (Wildman–Crippen LogP) is 4.28. The van der Waals surface area contributed by atoms with Crippen LogP contribution < -0.4 is 4.74 Å². The molecule has 0 aliphatic carbocycles. The number of fused-ring (bicyclic) bond motifs is 1. The van der Waals surface area contributed by atoms with Crippen molar-refractivity contribution in [2.45, 2.75) is 27.3 Å². The Morgan fingerprint density at radius 1 is 1.31 bits per heavy atom. The van der Waals surface area contributed by atoms with Gasteiger partial charge in [-0.2, -0.15) is 0 Å². The van der Waals surface area contributed by atoms with Crippen LogP contribution in [0.15, 0.2) is 24.1 Å². The van der Waals surface area contributed by atoms with E-state index < -0.39 is 0 Å². The Bertz CT molecular complexity index is 496. The number of aromatic nitrogens is 1. The molecule has 0 bridgehead atoms. The zero-order valence-electron chi connectivity index (χ0n) is 10.3. The summed E-state index contributed by atoms with van der Waals surface area (Å²) in [5, 5.41) is 1.29. The fourth-order valence-electron chi connectivity index (χ4n) is 1.86. The number of nitrogens with zero attached hydrogens (tertiary/aromatic N) is 1. The van der Waals surface area contributed by atoms with Crippen molar-refractivity contribution in [2.75, 3.05) is 7.11 Å². The summed E-state index contributed by atoms with van der Waals surface area (Å²) in [6, 6.07) is 6.25. The summed E-state index contributed by atoms with van der Waals surface area (Å²) in [6.07, 6.45) is 0. The Balaban J connectivity index is 2.49. The van der Waals surface area contributed by atoms with Gasteiger partial charge >= 0.3 is 0 Å². The van der Waals surface area contributed by atoms with E-state index in [1.807, 2.05) is 6.07 Å². The normalized spacial score (nSPS) is 12.5. The highest BCUT2D eigenvalue weighted by molar-refractivity contribution is 7.36. The Hall–Kier alpha value is -1.01. The number of rotatable bonds is 2. The summed E-state index contributed by atoms with van der Waals surface area (Å²) in [7, 11) is 2.97. The van der Waals surface area contributed by atoms with Crippen molar-refractivity contribution in [1.29, 1.82) is 0 Å². The summed E-state index contributed by atoms with van der Waals surface area (Å²) in [6.45, 7) is 7.82. The fraction of sp³-hybridized carbons (Fsp3) is 0.462. The van der Waals surface area contributed by atoms with Gasteiger partial charge in [0.15, 0.2) is 0 Å². The maximum absolute atomic E-state index is 5.38.